The second kappa shape index (κ2) is 6.15. The molecule has 0 radical (unpaired) electrons. The molecule has 0 aliphatic rings. The van der Waals surface area contributed by atoms with Gasteiger partial charge in [0.25, 0.3) is 0 Å². The van der Waals surface area contributed by atoms with Crippen molar-refractivity contribution in [1.82, 2.24) is 9.55 Å². The molecule has 5 heteroatoms. The van der Waals surface area contributed by atoms with E-state index in [2.05, 4.69) is 25.5 Å². The number of halogens is 1. The molecule has 3 aromatic rings. The molecule has 0 aliphatic carbocycles. The topological polar surface area (TPSA) is 67.7 Å². The van der Waals surface area contributed by atoms with Gasteiger partial charge in [-0.1, -0.05) is 52.3 Å². The van der Waals surface area contributed by atoms with Crippen molar-refractivity contribution in [2.45, 2.75) is 6.54 Å². The average molecular weight is 355 g/mol. The lowest BCUT2D eigenvalue weighted by Gasteiger charge is -2.11. The van der Waals surface area contributed by atoms with Gasteiger partial charge in [-0.3, -0.25) is 5.41 Å². The third kappa shape index (κ3) is 2.94. The van der Waals surface area contributed by atoms with Crippen LogP contribution in [0.1, 0.15) is 11.1 Å². The largest absolute Gasteiger partial charge is 0.384 e. The number of amidine groups is 1. The number of hydrogen-bond acceptors (Lipinski definition) is 2. The molecule has 0 saturated heterocycles. The van der Waals surface area contributed by atoms with E-state index in [-0.39, 0.29) is 5.84 Å². The smallest absolute Gasteiger partial charge is 0.140 e. The molecule has 0 atom stereocenters. The average Bonchev–Trinajstić information content (AvgIpc) is 2.96. The van der Waals surface area contributed by atoms with E-state index in [0.717, 1.165) is 27.0 Å². The number of imidazole rings is 1. The number of nitrogens with one attached hydrogen (secondary N) is 1. The Kier molecular flexibility index (Phi) is 4.06. The highest BCUT2D eigenvalue weighted by molar-refractivity contribution is 9.10. The second-order valence-corrected chi connectivity index (χ2v) is 5.87. The van der Waals surface area contributed by atoms with Crippen LogP contribution >= 0.6 is 15.9 Å². The molecule has 3 rings (SSSR count). The van der Waals surface area contributed by atoms with E-state index < -0.39 is 0 Å². The monoisotopic (exact) mass is 354 g/mol. The van der Waals surface area contributed by atoms with Crippen molar-refractivity contribution in [3.05, 3.63) is 76.5 Å². The summed E-state index contributed by atoms with van der Waals surface area (Å²) in [7, 11) is 0. The van der Waals surface area contributed by atoms with Gasteiger partial charge in [0, 0.05) is 34.5 Å². The van der Waals surface area contributed by atoms with E-state index in [9.17, 15) is 0 Å². The second-order valence-electron chi connectivity index (χ2n) is 4.96. The van der Waals surface area contributed by atoms with Gasteiger partial charge in [0.05, 0.1) is 0 Å². The summed E-state index contributed by atoms with van der Waals surface area (Å²) in [5.74, 6) is 0.978. The first kappa shape index (κ1) is 14.5. The van der Waals surface area contributed by atoms with Gasteiger partial charge in [0.15, 0.2) is 0 Å². The van der Waals surface area contributed by atoms with Crippen LogP contribution in [-0.2, 0) is 6.54 Å². The summed E-state index contributed by atoms with van der Waals surface area (Å²) in [5.41, 5.74) is 8.48. The predicted molar refractivity (Wildman–Crippen MR) is 91.9 cm³/mol. The van der Waals surface area contributed by atoms with E-state index in [4.69, 9.17) is 11.1 Å². The van der Waals surface area contributed by atoms with Crippen LogP contribution in [0.2, 0.25) is 0 Å². The van der Waals surface area contributed by atoms with Crippen LogP contribution in [0.5, 0.6) is 0 Å². The Morgan fingerprint density at radius 3 is 2.59 bits per heavy atom. The first-order chi connectivity index (χ1) is 10.6. The van der Waals surface area contributed by atoms with E-state index >= 15 is 0 Å². The summed E-state index contributed by atoms with van der Waals surface area (Å²) < 4.78 is 3.10. The number of nitrogens with zero attached hydrogens (tertiary/aromatic N) is 2. The van der Waals surface area contributed by atoms with Crippen LogP contribution in [0, 0.1) is 5.41 Å². The Morgan fingerprint density at radius 2 is 1.86 bits per heavy atom. The molecule has 0 unspecified atom stereocenters. The minimum atomic E-state index is 0.0842. The van der Waals surface area contributed by atoms with Gasteiger partial charge in [-0.2, -0.15) is 0 Å². The molecule has 1 aromatic heterocycles. The minimum absolute atomic E-state index is 0.0842. The molecule has 0 saturated carbocycles. The van der Waals surface area contributed by atoms with Crippen molar-refractivity contribution in [3.63, 3.8) is 0 Å². The van der Waals surface area contributed by atoms with Gasteiger partial charge in [0.2, 0.25) is 0 Å². The fourth-order valence-electron chi connectivity index (χ4n) is 2.40. The van der Waals surface area contributed by atoms with Gasteiger partial charge in [-0.05, 0) is 17.7 Å². The van der Waals surface area contributed by atoms with Crippen LogP contribution < -0.4 is 5.73 Å². The van der Waals surface area contributed by atoms with E-state index in [0.29, 0.717) is 6.54 Å². The molecule has 1 heterocycles. The van der Waals surface area contributed by atoms with E-state index in [1.54, 1.807) is 6.20 Å². The van der Waals surface area contributed by atoms with Crippen LogP contribution in [0.15, 0.2) is 65.4 Å². The standard InChI is InChI=1S/C17H15BrN4/c18-14-7-5-12(6-8-14)17-21-9-10-22(17)11-13-3-1-2-4-15(13)16(19)20/h1-10H,11H2,(H3,19,20). The maximum absolute atomic E-state index is 7.69. The van der Waals surface area contributed by atoms with Crippen LogP contribution in [0.4, 0.5) is 0 Å². The molecule has 0 bridgehead atoms. The predicted octanol–water partition coefficient (Wildman–Crippen LogP) is 3.64. The van der Waals surface area contributed by atoms with Crippen molar-refractivity contribution >= 4 is 21.8 Å². The van der Waals surface area contributed by atoms with E-state index in [1.807, 2.05) is 54.7 Å². The molecule has 22 heavy (non-hydrogen) atoms. The van der Waals surface area contributed by atoms with Crippen molar-refractivity contribution in [1.29, 1.82) is 5.41 Å². The SMILES string of the molecule is N=C(N)c1ccccc1Cn1ccnc1-c1ccc(Br)cc1. The Balaban J connectivity index is 1.97. The van der Waals surface area contributed by atoms with Crippen molar-refractivity contribution in [2.24, 2.45) is 5.73 Å². The maximum atomic E-state index is 7.69. The molecule has 0 aliphatic heterocycles. The number of aromatic nitrogens is 2. The Labute approximate surface area is 137 Å². The molecule has 0 spiro atoms. The fourth-order valence-corrected chi connectivity index (χ4v) is 2.66. The molecular weight excluding hydrogens is 340 g/mol. The van der Waals surface area contributed by atoms with Gasteiger partial charge in [-0.15, -0.1) is 0 Å². The summed E-state index contributed by atoms with van der Waals surface area (Å²) >= 11 is 3.44. The van der Waals surface area contributed by atoms with Gasteiger partial charge in [0.1, 0.15) is 11.7 Å². The molecular formula is C17H15BrN4. The van der Waals surface area contributed by atoms with Crippen molar-refractivity contribution < 1.29 is 0 Å². The zero-order valence-corrected chi connectivity index (χ0v) is 13.4. The molecule has 2 aromatic carbocycles. The maximum Gasteiger partial charge on any atom is 0.140 e. The highest BCUT2D eigenvalue weighted by Gasteiger charge is 2.09. The number of rotatable bonds is 4. The summed E-state index contributed by atoms with van der Waals surface area (Å²) in [6.45, 7) is 0.626. The molecule has 0 amide bonds. The molecule has 0 fully saturated rings. The third-order valence-corrected chi connectivity index (χ3v) is 3.99. The zero-order valence-electron chi connectivity index (χ0n) is 11.8. The first-order valence-electron chi connectivity index (χ1n) is 6.84. The lowest BCUT2D eigenvalue weighted by molar-refractivity contribution is 0.805. The Hall–Kier alpha value is -2.40. The van der Waals surface area contributed by atoms with Crippen molar-refractivity contribution in [3.8, 4) is 11.4 Å². The third-order valence-electron chi connectivity index (χ3n) is 3.47. The van der Waals surface area contributed by atoms with Gasteiger partial charge < -0.3 is 10.3 Å². The first-order valence-corrected chi connectivity index (χ1v) is 7.64. The van der Waals surface area contributed by atoms with Gasteiger partial charge >= 0.3 is 0 Å². The lowest BCUT2D eigenvalue weighted by Crippen LogP contribution is -2.15. The number of nitrogen functional groups attached to an aromatic ring is 1. The Morgan fingerprint density at radius 1 is 1.14 bits per heavy atom. The number of hydrogen-bond donors (Lipinski definition) is 2. The van der Waals surface area contributed by atoms with Crippen LogP contribution in [-0.4, -0.2) is 15.4 Å². The quantitative estimate of drug-likeness (QED) is 0.554. The fraction of sp³-hybridized carbons (Fsp3) is 0.0588. The van der Waals surface area contributed by atoms with Crippen LogP contribution in [0.3, 0.4) is 0 Å². The Bertz CT molecular complexity index is 806. The van der Waals surface area contributed by atoms with E-state index in [1.165, 1.54) is 0 Å². The molecule has 4 nitrogen and oxygen atoms in total. The summed E-state index contributed by atoms with van der Waals surface area (Å²) in [6.07, 6.45) is 3.72. The van der Waals surface area contributed by atoms with Gasteiger partial charge in [-0.25, -0.2) is 4.98 Å². The summed E-state index contributed by atoms with van der Waals surface area (Å²) in [4.78, 5) is 4.45. The van der Waals surface area contributed by atoms with Crippen molar-refractivity contribution in [2.75, 3.05) is 0 Å². The minimum Gasteiger partial charge on any atom is -0.384 e. The normalized spacial score (nSPS) is 10.6. The lowest BCUT2D eigenvalue weighted by atomic mass is 10.1. The summed E-state index contributed by atoms with van der Waals surface area (Å²) in [6, 6.07) is 15.8. The number of benzene rings is 2. The summed E-state index contributed by atoms with van der Waals surface area (Å²) in [5, 5.41) is 7.69. The molecule has 3 N–H and O–H groups in total. The van der Waals surface area contributed by atoms with Crippen LogP contribution in [0.25, 0.3) is 11.4 Å². The highest BCUT2D eigenvalue weighted by Crippen LogP contribution is 2.21. The number of nitrogens with two attached hydrogens (primary N) is 1. The highest BCUT2D eigenvalue weighted by atomic mass is 79.9. The zero-order chi connectivity index (χ0) is 15.5. The molecule has 110 valence electrons.